The summed E-state index contributed by atoms with van der Waals surface area (Å²) in [7, 11) is -3.57. The molecule has 2 amide bonds. The minimum absolute atomic E-state index is 0.101. The summed E-state index contributed by atoms with van der Waals surface area (Å²) in [6.07, 6.45) is 1.36. The zero-order valence-electron chi connectivity index (χ0n) is 15.8. The second-order valence-corrected chi connectivity index (χ2v) is 9.89. The Morgan fingerprint density at radius 2 is 2.00 bits per heavy atom. The van der Waals surface area contributed by atoms with E-state index < -0.39 is 21.8 Å². The topological polar surface area (TPSA) is 95.6 Å². The van der Waals surface area contributed by atoms with E-state index in [4.69, 9.17) is 0 Å². The summed E-state index contributed by atoms with van der Waals surface area (Å²) in [5.41, 5.74) is 2.42. The van der Waals surface area contributed by atoms with Gasteiger partial charge in [0.1, 0.15) is 4.21 Å². The molecule has 1 aromatic heterocycles. The third-order valence-electron chi connectivity index (χ3n) is 4.73. The molecular weight excluding hydrogens is 398 g/mol. The molecule has 1 aromatic carbocycles. The molecule has 0 aliphatic carbocycles. The molecule has 0 spiro atoms. The Labute approximate surface area is 168 Å². The van der Waals surface area contributed by atoms with Crippen LogP contribution in [-0.4, -0.2) is 43.7 Å². The van der Waals surface area contributed by atoms with Crippen molar-refractivity contribution in [3.8, 4) is 0 Å². The Bertz CT molecular complexity index is 971. The van der Waals surface area contributed by atoms with Crippen LogP contribution in [0.15, 0.2) is 39.9 Å². The quantitative estimate of drug-likeness (QED) is 0.724. The van der Waals surface area contributed by atoms with E-state index in [9.17, 15) is 18.0 Å². The molecule has 1 fully saturated rings. The lowest BCUT2D eigenvalue weighted by atomic mass is 10.1. The van der Waals surface area contributed by atoms with Gasteiger partial charge in [0.25, 0.3) is 10.0 Å². The van der Waals surface area contributed by atoms with Crippen LogP contribution in [0.5, 0.6) is 0 Å². The fraction of sp³-hybridized carbons (Fsp3) is 0.368. The zero-order valence-corrected chi connectivity index (χ0v) is 17.4. The number of anilines is 1. The van der Waals surface area contributed by atoms with Gasteiger partial charge in [-0.25, -0.2) is 8.42 Å². The van der Waals surface area contributed by atoms with Gasteiger partial charge >= 0.3 is 11.8 Å². The van der Waals surface area contributed by atoms with Gasteiger partial charge in [-0.1, -0.05) is 18.2 Å². The number of thiophene rings is 1. The largest absolute Gasteiger partial charge is 0.346 e. The van der Waals surface area contributed by atoms with Crippen LogP contribution in [0.2, 0.25) is 0 Å². The van der Waals surface area contributed by atoms with Crippen molar-refractivity contribution >= 4 is 38.9 Å². The number of carbonyl (C=O) groups excluding carboxylic acids is 2. The number of hydrogen-bond acceptors (Lipinski definition) is 5. The van der Waals surface area contributed by atoms with Gasteiger partial charge in [-0.2, -0.15) is 4.31 Å². The summed E-state index contributed by atoms with van der Waals surface area (Å²) < 4.78 is 27.2. The molecule has 1 saturated heterocycles. The first kappa shape index (κ1) is 20.5. The second kappa shape index (κ2) is 8.42. The number of sulfonamides is 1. The molecule has 3 rings (SSSR count). The first-order chi connectivity index (χ1) is 13.3. The van der Waals surface area contributed by atoms with Crippen LogP contribution in [0.4, 0.5) is 5.69 Å². The number of nitrogens with one attached hydrogen (secondary N) is 2. The van der Waals surface area contributed by atoms with Crippen LogP contribution >= 0.6 is 11.3 Å². The molecule has 7 nitrogen and oxygen atoms in total. The van der Waals surface area contributed by atoms with E-state index in [1.807, 2.05) is 26.0 Å². The van der Waals surface area contributed by atoms with Gasteiger partial charge in [-0.15, -0.1) is 11.3 Å². The molecule has 150 valence electrons. The predicted molar refractivity (Wildman–Crippen MR) is 109 cm³/mol. The van der Waals surface area contributed by atoms with E-state index in [-0.39, 0.29) is 12.6 Å². The lowest BCUT2D eigenvalue weighted by Gasteiger charge is -2.23. The van der Waals surface area contributed by atoms with E-state index in [0.717, 1.165) is 17.5 Å². The summed E-state index contributed by atoms with van der Waals surface area (Å²) in [5.74, 6) is -1.54. The highest BCUT2D eigenvalue weighted by atomic mass is 32.2. The van der Waals surface area contributed by atoms with Gasteiger partial charge in [0, 0.05) is 24.8 Å². The maximum absolute atomic E-state index is 12.7. The summed E-state index contributed by atoms with van der Waals surface area (Å²) in [6.45, 7) is 4.26. The van der Waals surface area contributed by atoms with Gasteiger partial charge in [-0.05, 0) is 55.3 Å². The van der Waals surface area contributed by atoms with Crippen LogP contribution in [0, 0.1) is 13.8 Å². The van der Waals surface area contributed by atoms with Crippen molar-refractivity contribution in [2.75, 3.05) is 18.4 Å². The van der Waals surface area contributed by atoms with Crippen molar-refractivity contribution in [2.45, 2.75) is 36.9 Å². The van der Waals surface area contributed by atoms with Gasteiger partial charge < -0.3 is 10.6 Å². The maximum Gasteiger partial charge on any atom is 0.313 e. The van der Waals surface area contributed by atoms with Crippen molar-refractivity contribution < 1.29 is 18.0 Å². The highest BCUT2D eigenvalue weighted by Crippen LogP contribution is 2.28. The number of benzene rings is 1. The van der Waals surface area contributed by atoms with Crippen LogP contribution in [0.3, 0.4) is 0 Å². The molecule has 2 N–H and O–H groups in total. The first-order valence-corrected chi connectivity index (χ1v) is 11.3. The van der Waals surface area contributed by atoms with Crippen molar-refractivity contribution in [3.05, 3.63) is 46.8 Å². The smallest absolute Gasteiger partial charge is 0.313 e. The average Bonchev–Trinajstić information content (AvgIpc) is 3.34. The molecule has 0 radical (unpaired) electrons. The monoisotopic (exact) mass is 421 g/mol. The van der Waals surface area contributed by atoms with Crippen molar-refractivity contribution in [1.29, 1.82) is 0 Å². The number of amides is 2. The third kappa shape index (κ3) is 4.43. The molecule has 1 aliphatic rings. The number of carbonyl (C=O) groups is 2. The summed E-state index contributed by atoms with van der Waals surface area (Å²) in [4.78, 5) is 24.4. The molecule has 0 bridgehead atoms. The SMILES string of the molecule is Cc1ccc(C)c(NC(=O)C(=O)NCC2CCCN2S(=O)(=O)c2cccs2)c1. The predicted octanol–water partition coefficient (Wildman–Crippen LogP) is 2.27. The lowest BCUT2D eigenvalue weighted by molar-refractivity contribution is -0.136. The van der Waals surface area contributed by atoms with Gasteiger partial charge in [0.2, 0.25) is 0 Å². The number of aryl methyl sites for hydroxylation is 2. The van der Waals surface area contributed by atoms with Crippen molar-refractivity contribution in [1.82, 2.24) is 9.62 Å². The Morgan fingerprint density at radius 3 is 2.71 bits per heavy atom. The van der Waals surface area contributed by atoms with Gasteiger partial charge in [-0.3, -0.25) is 9.59 Å². The fourth-order valence-corrected chi connectivity index (χ4v) is 6.01. The van der Waals surface area contributed by atoms with E-state index >= 15 is 0 Å². The minimum atomic E-state index is -3.57. The Hall–Kier alpha value is -2.23. The lowest BCUT2D eigenvalue weighted by Crippen LogP contribution is -2.45. The average molecular weight is 422 g/mol. The van der Waals surface area contributed by atoms with E-state index in [1.165, 1.54) is 15.6 Å². The molecule has 2 aromatic rings. The molecule has 28 heavy (non-hydrogen) atoms. The zero-order chi connectivity index (χ0) is 20.3. The Kier molecular flexibility index (Phi) is 6.17. The van der Waals surface area contributed by atoms with Crippen LogP contribution in [0.1, 0.15) is 24.0 Å². The number of nitrogens with zero attached hydrogens (tertiary/aromatic N) is 1. The van der Waals surface area contributed by atoms with Crippen molar-refractivity contribution in [2.24, 2.45) is 0 Å². The normalized spacial score (nSPS) is 17.4. The van der Waals surface area contributed by atoms with Crippen LogP contribution < -0.4 is 10.6 Å². The molecule has 0 saturated carbocycles. The highest BCUT2D eigenvalue weighted by Gasteiger charge is 2.36. The molecule has 1 unspecified atom stereocenters. The fourth-order valence-electron chi connectivity index (χ4n) is 3.20. The van der Waals surface area contributed by atoms with Crippen LogP contribution in [0.25, 0.3) is 0 Å². The second-order valence-electron chi connectivity index (χ2n) is 6.83. The summed E-state index contributed by atoms with van der Waals surface area (Å²) in [5, 5.41) is 6.90. The maximum atomic E-state index is 12.7. The number of hydrogen-bond donors (Lipinski definition) is 2. The minimum Gasteiger partial charge on any atom is -0.346 e. The third-order valence-corrected chi connectivity index (χ3v) is 8.05. The summed E-state index contributed by atoms with van der Waals surface area (Å²) >= 11 is 1.17. The molecule has 2 heterocycles. The summed E-state index contributed by atoms with van der Waals surface area (Å²) in [6, 6.07) is 8.51. The molecule has 1 atom stereocenters. The number of rotatable bonds is 5. The molecule has 9 heteroatoms. The van der Waals surface area contributed by atoms with E-state index in [1.54, 1.807) is 23.6 Å². The van der Waals surface area contributed by atoms with Gasteiger partial charge in [0.05, 0.1) is 0 Å². The van der Waals surface area contributed by atoms with Crippen molar-refractivity contribution in [3.63, 3.8) is 0 Å². The highest BCUT2D eigenvalue weighted by molar-refractivity contribution is 7.91. The van der Waals surface area contributed by atoms with E-state index in [2.05, 4.69) is 10.6 Å². The molecule has 1 aliphatic heterocycles. The Balaban J connectivity index is 1.60. The van der Waals surface area contributed by atoms with Gasteiger partial charge in [0.15, 0.2) is 0 Å². The van der Waals surface area contributed by atoms with E-state index in [0.29, 0.717) is 22.9 Å². The Morgan fingerprint density at radius 1 is 1.21 bits per heavy atom. The van der Waals surface area contributed by atoms with Crippen LogP contribution in [-0.2, 0) is 19.6 Å². The first-order valence-electron chi connectivity index (χ1n) is 9.01. The standard InChI is InChI=1S/C19H23N3O4S2/c1-13-7-8-14(2)16(11-13)21-19(24)18(23)20-12-15-5-3-9-22(15)28(25,26)17-6-4-10-27-17/h4,6-8,10-11,15H,3,5,9,12H2,1-2H3,(H,20,23)(H,21,24). The molecular formula is C19H23N3O4S2.